The Kier molecular flexibility index (Phi) is 37.0. The summed E-state index contributed by atoms with van der Waals surface area (Å²) in [6.07, 6.45) is 38.5. The Morgan fingerprint density at radius 1 is 0.438 bits per heavy atom. The van der Waals surface area contributed by atoms with Crippen LogP contribution in [0.1, 0.15) is 232 Å². The van der Waals surface area contributed by atoms with Gasteiger partial charge in [-0.05, 0) is 12.8 Å². The zero-order valence-electron chi connectivity index (χ0n) is 32.3. The molecule has 0 aromatic heterocycles. The van der Waals surface area contributed by atoms with Gasteiger partial charge >= 0.3 is 0 Å². The van der Waals surface area contributed by atoms with E-state index in [2.05, 4.69) is 19.2 Å². The van der Waals surface area contributed by atoms with E-state index in [9.17, 15) is 25.2 Å². The Morgan fingerprint density at radius 3 is 1.00 bits per heavy atom. The summed E-state index contributed by atoms with van der Waals surface area (Å²) >= 11 is 0. The van der Waals surface area contributed by atoms with Gasteiger partial charge in [-0.25, -0.2) is 0 Å². The van der Waals surface area contributed by atoms with E-state index in [0.717, 1.165) is 38.5 Å². The predicted octanol–water partition coefficient (Wildman–Crippen LogP) is 10.8. The number of amides is 1. The Balaban J connectivity index is 3.66. The number of carbonyl (C=O) groups is 1. The minimum atomic E-state index is -1.25. The molecule has 0 aliphatic rings. The van der Waals surface area contributed by atoms with Crippen molar-refractivity contribution in [2.45, 2.75) is 257 Å². The summed E-state index contributed by atoms with van der Waals surface area (Å²) in [6, 6.07) is -0.977. The third-order valence-corrected chi connectivity index (χ3v) is 10.3. The minimum Gasteiger partial charge on any atom is -0.394 e. The van der Waals surface area contributed by atoms with Gasteiger partial charge in [0, 0.05) is 0 Å². The van der Waals surface area contributed by atoms with Gasteiger partial charge in [-0.3, -0.25) is 4.79 Å². The zero-order valence-corrected chi connectivity index (χ0v) is 32.3. The van der Waals surface area contributed by atoms with Gasteiger partial charge in [0.2, 0.25) is 5.91 Å². The number of rotatable bonds is 39. The lowest BCUT2D eigenvalue weighted by molar-refractivity contribution is -0.132. The fourth-order valence-corrected chi connectivity index (χ4v) is 6.88. The number of unbranched alkanes of at least 4 members (excludes halogenated alkanes) is 30. The number of carbonyl (C=O) groups excluding carboxylic acids is 1. The van der Waals surface area contributed by atoms with Gasteiger partial charge in [-0.2, -0.15) is 0 Å². The molecule has 48 heavy (non-hydrogen) atoms. The van der Waals surface area contributed by atoms with Crippen LogP contribution in [0.5, 0.6) is 0 Å². The second-order valence-electron chi connectivity index (χ2n) is 15.1. The maximum atomic E-state index is 12.5. The third-order valence-electron chi connectivity index (χ3n) is 10.3. The molecule has 0 radical (unpaired) electrons. The minimum absolute atomic E-state index is 0.375. The summed E-state index contributed by atoms with van der Waals surface area (Å²) in [5.74, 6) is -0.580. The summed E-state index contributed by atoms with van der Waals surface area (Å²) in [7, 11) is 0. The van der Waals surface area contributed by atoms with Crippen molar-refractivity contribution >= 4 is 5.91 Å². The molecule has 0 bridgehead atoms. The largest absolute Gasteiger partial charge is 0.394 e. The molecule has 0 spiro atoms. The second-order valence-corrected chi connectivity index (χ2v) is 15.1. The van der Waals surface area contributed by atoms with Gasteiger partial charge in [0.1, 0.15) is 12.2 Å². The fourth-order valence-electron chi connectivity index (χ4n) is 6.88. The van der Waals surface area contributed by atoms with Crippen molar-refractivity contribution in [3.8, 4) is 0 Å². The molecule has 0 rings (SSSR count). The SMILES string of the molecule is CCCCCCCCCCCCCCCCCCCCCCCC(O)C(=O)NC(CO)C(O)C(O)CCCCCCCCCCCCC. The van der Waals surface area contributed by atoms with E-state index in [1.807, 2.05) is 0 Å². The van der Waals surface area contributed by atoms with Crippen molar-refractivity contribution in [3.05, 3.63) is 0 Å². The highest BCUT2D eigenvalue weighted by Crippen LogP contribution is 2.17. The topological polar surface area (TPSA) is 110 Å². The van der Waals surface area contributed by atoms with Crippen molar-refractivity contribution in [1.29, 1.82) is 0 Å². The summed E-state index contributed by atoms with van der Waals surface area (Å²) in [6.45, 7) is 4.05. The van der Waals surface area contributed by atoms with Gasteiger partial charge in [-0.1, -0.05) is 219 Å². The van der Waals surface area contributed by atoms with E-state index in [-0.39, 0.29) is 0 Å². The molecule has 0 saturated heterocycles. The normalized spacial score (nSPS) is 14.2. The van der Waals surface area contributed by atoms with Gasteiger partial charge in [0.05, 0.1) is 18.8 Å². The lowest BCUT2D eigenvalue weighted by atomic mass is 9.99. The van der Waals surface area contributed by atoms with E-state index in [1.165, 1.54) is 167 Å². The Morgan fingerprint density at radius 2 is 0.708 bits per heavy atom. The Hall–Kier alpha value is -0.690. The fraction of sp³-hybridized carbons (Fsp3) is 0.976. The first-order valence-corrected chi connectivity index (χ1v) is 21.4. The van der Waals surface area contributed by atoms with E-state index in [0.29, 0.717) is 12.8 Å². The highest BCUT2D eigenvalue weighted by molar-refractivity contribution is 5.80. The van der Waals surface area contributed by atoms with Crippen molar-refractivity contribution in [2.75, 3.05) is 6.61 Å². The second kappa shape index (κ2) is 37.6. The number of aliphatic hydroxyl groups excluding tert-OH is 4. The summed E-state index contributed by atoms with van der Waals surface area (Å²) < 4.78 is 0. The molecule has 0 aliphatic carbocycles. The Bertz CT molecular complexity index is 648. The van der Waals surface area contributed by atoms with E-state index in [1.54, 1.807) is 0 Å². The summed E-state index contributed by atoms with van der Waals surface area (Å²) in [4.78, 5) is 12.5. The average Bonchev–Trinajstić information content (AvgIpc) is 3.09. The molecule has 4 atom stereocenters. The lowest BCUT2D eigenvalue weighted by Crippen LogP contribution is -2.53. The van der Waals surface area contributed by atoms with Crippen molar-refractivity contribution in [3.63, 3.8) is 0 Å². The molecule has 288 valence electrons. The zero-order chi connectivity index (χ0) is 35.3. The predicted molar refractivity (Wildman–Crippen MR) is 205 cm³/mol. The molecule has 0 fully saturated rings. The highest BCUT2D eigenvalue weighted by atomic mass is 16.3. The maximum absolute atomic E-state index is 12.5. The van der Waals surface area contributed by atoms with E-state index in [4.69, 9.17) is 0 Å². The molecule has 6 nitrogen and oxygen atoms in total. The lowest BCUT2D eigenvalue weighted by Gasteiger charge is -2.27. The molecule has 4 unspecified atom stereocenters. The van der Waals surface area contributed by atoms with Crippen LogP contribution in [0.15, 0.2) is 0 Å². The first-order chi connectivity index (χ1) is 23.5. The van der Waals surface area contributed by atoms with Crippen molar-refractivity contribution in [1.82, 2.24) is 5.32 Å². The third kappa shape index (κ3) is 31.3. The first kappa shape index (κ1) is 47.3. The average molecular weight is 684 g/mol. The molecule has 0 saturated carbocycles. The van der Waals surface area contributed by atoms with Crippen LogP contribution in [0.3, 0.4) is 0 Å². The van der Waals surface area contributed by atoms with Gasteiger partial charge < -0.3 is 25.7 Å². The number of hydrogen-bond donors (Lipinski definition) is 5. The van der Waals surface area contributed by atoms with Gasteiger partial charge in [0.15, 0.2) is 0 Å². The molecule has 0 aliphatic heterocycles. The van der Waals surface area contributed by atoms with E-state index >= 15 is 0 Å². The molecule has 6 heteroatoms. The van der Waals surface area contributed by atoms with Crippen LogP contribution in [-0.2, 0) is 4.79 Å². The van der Waals surface area contributed by atoms with E-state index < -0.39 is 36.9 Å². The molecular weight excluding hydrogens is 598 g/mol. The molecule has 1 amide bonds. The molecule has 0 heterocycles. The van der Waals surface area contributed by atoms with Crippen molar-refractivity contribution < 1.29 is 25.2 Å². The van der Waals surface area contributed by atoms with Crippen LogP contribution >= 0.6 is 0 Å². The van der Waals surface area contributed by atoms with Crippen LogP contribution in [-0.4, -0.2) is 57.3 Å². The highest BCUT2D eigenvalue weighted by Gasteiger charge is 2.28. The first-order valence-electron chi connectivity index (χ1n) is 21.4. The standard InChI is InChI=1S/C42H85NO5/c1-3-5-7-9-11-13-15-16-17-18-19-20-21-22-23-24-26-28-30-32-34-36-40(46)42(48)43-38(37-44)41(47)39(45)35-33-31-29-27-25-14-12-10-8-6-4-2/h38-41,44-47H,3-37H2,1-2H3,(H,43,48). The van der Waals surface area contributed by atoms with Crippen LogP contribution in [0, 0.1) is 0 Å². The molecule has 0 aromatic carbocycles. The monoisotopic (exact) mass is 684 g/mol. The van der Waals surface area contributed by atoms with Gasteiger partial charge in [0.25, 0.3) is 0 Å². The van der Waals surface area contributed by atoms with Crippen LogP contribution in [0.25, 0.3) is 0 Å². The molecule has 5 N–H and O–H groups in total. The summed E-state index contributed by atoms with van der Waals surface area (Å²) in [5.41, 5.74) is 0. The van der Waals surface area contributed by atoms with Crippen LogP contribution in [0.2, 0.25) is 0 Å². The molecular formula is C42H85NO5. The Labute approximate surface area is 299 Å². The smallest absolute Gasteiger partial charge is 0.249 e. The van der Waals surface area contributed by atoms with Crippen LogP contribution < -0.4 is 5.32 Å². The maximum Gasteiger partial charge on any atom is 0.249 e. The quantitative estimate of drug-likeness (QED) is 0.0414. The van der Waals surface area contributed by atoms with Gasteiger partial charge in [-0.15, -0.1) is 0 Å². The molecule has 0 aromatic rings. The summed E-state index contributed by atoms with van der Waals surface area (Å²) in [5, 5.41) is 43.5. The number of nitrogens with one attached hydrogen (secondary N) is 1. The number of hydrogen-bond acceptors (Lipinski definition) is 5. The van der Waals surface area contributed by atoms with Crippen LogP contribution in [0.4, 0.5) is 0 Å². The van der Waals surface area contributed by atoms with Crippen molar-refractivity contribution in [2.24, 2.45) is 0 Å². The number of aliphatic hydroxyl groups is 4.